The number of phenolic OH excluding ortho intramolecular Hbond substituents is 1. The second kappa shape index (κ2) is 4.57. The molecule has 94 valence electrons. The Morgan fingerprint density at radius 1 is 1.41 bits per heavy atom. The Morgan fingerprint density at radius 3 is 2.65 bits per heavy atom. The van der Waals surface area contributed by atoms with E-state index < -0.39 is 0 Å². The number of hydrogen-bond donors (Lipinski definition) is 2. The van der Waals surface area contributed by atoms with E-state index in [1.54, 1.807) is 7.11 Å². The average Bonchev–Trinajstić information content (AvgIpc) is 3.06. The van der Waals surface area contributed by atoms with E-state index in [9.17, 15) is 5.11 Å². The van der Waals surface area contributed by atoms with Crippen LogP contribution in [0.4, 0.5) is 0 Å². The normalized spacial score (nSPS) is 16.9. The summed E-state index contributed by atoms with van der Waals surface area (Å²) in [5, 5.41) is 10.1. The predicted molar refractivity (Wildman–Crippen MR) is 68.5 cm³/mol. The van der Waals surface area contributed by atoms with Crippen LogP contribution in [0.2, 0.25) is 0 Å². The van der Waals surface area contributed by atoms with Crippen LogP contribution in [0, 0.1) is 0 Å². The molecule has 1 aliphatic rings. The molecule has 1 saturated carbocycles. The standard InChI is InChI=1S/C14H21NO2/c1-3-10-8-11(4-5-14(15)6-7-14)13(16)12(9-10)17-2/h8-9,16H,3-7,15H2,1-2H3. The lowest BCUT2D eigenvalue weighted by Gasteiger charge is -2.13. The first-order chi connectivity index (χ1) is 8.08. The number of rotatable bonds is 5. The average molecular weight is 235 g/mol. The molecule has 1 aromatic rings. The number of ether oxygens (including phenoxy) is 1. The summed E-state index contributed by atoms with van der Waals surface area (Å²) in [6.07, 6.45) is 4.93. The molecular formula is C14H21NO2. The molecular weight excluding hydrogens is 214 g/mol. The maximum absolute atomic E-state index is 10.1. The van der Waals surface area contributed by atoms with Gasteiger partial charge in [0.05, 0.1) is 7.11 Å². The van der Waals surface area contributed by atoms with Crippen LogP contribution in [0.25, 0.3) is 0 Å². The molecule has 0 saturated heterocycles. The summed E-state index contributed by atoms with van der Waals surface area (Å²) in [5.41, 5.74) is 8.25. The van der Waals surface area contributed by atoms with E-state index in [0.717, 1.165) is 37.7 Å². The van der Waals surface area contributed by atoms with Gasteiger partial charge in [-0.05, 0) is 49.3 Å². The number of benzene rings is 1. The van der Waals surface area contributed by atoms with Crippen LogP contribution in [-0.2, 0) is 12.8 Å². The van der Waals surface area contributed by atoms with Crippen molar-refractivity contribution >= 4 is 0 Å². The second-order valence-electron chi connectivity index (χ2n) is 5.02. The highest BCUT2D eigenvalue weighted by atomic mass is 16.5. The first kappa shape index (κ1) is 12.2. The Bertz CT molecular complexity index is 411. The monoisotopic (exact) mass is 235 g/mol. The third-order valence-electron chi connectivity index (χ3n) is 3.63. The summed E-state index contributed by atoms with van der Waals surface area (Å²) in [7, 11) is 1.59. The van der Waals surface area contributed by atoms with Gasteiger partial charge in [-0.2, -0.15) is 0 Å². The lowest BCUT2D eigenvalue weighted by Crippen LogP contribution is -2.22. The number of phenols is 1. The van der Waals surface area contributed by atoms with Gasteiger partial charge in [0.1, 0.15) is 0 Å². The molecule has 0 bridgehead atoms. The van der Waals surface area contributed by atoms with Gasteiger partial charge in [-0.1, -0.05) is 13.0 Å². The Balaban J connectivity index is 2.18. The molecule has 3 N–H and O–H groups in total. The molecule has 0 heterocycles. The predicted octanol–water partition coefficient (Wildman–Crippen LogP) is 2.39. The van der Waals surface area contributed by atoms with Crippen LogP contribution >= 0.6 is 0 Å². The van der Waals surface area contributed by atoms with E-state index in [1.807, 2.05) is 6.07 Å². The largest absolute Gasteiger partial charge is 0.504 e. The topological polar surface area (TPSA) is 55.5 Å². The number of hydrogen-bond acceptors (Lipinski definition) is 3. The molecule has 0 amide bonds. The molecule has 0 radical (unpaired) electrons. The molecule has 0 aliphatic heterocycles. The minimum absolute atomic E-state index is 0.0297. The zero-order valence-corrected chi connectivity index (χ0v) is 10.6. The van der Waals surface area contributed by atoms with Crippen LogP contribution in [0.3, 0.4) is 0 Å². The molecule has 3 heteroatoms. The molecule has 2 rings (SSSR count). The maximum atomic E-state index is 10.1. The van der Waals surface area contributed by atoms with Crippen molar-refractivity contribution in [2.24, 2.45) is 5.73 Å². The maximum Gasteiger partial charge on any atom is 0.161 e. The van der Waals surface area contributed by atoms with E-state index >= 15 is 0 Å². The quantitative estimate of drug-likeness (QED) is 0.824. The Hall–Kier alpha value is -1.22. The first-order valence-electron chi connectivity index (χ1n) is 6.25. The van der Waals surface area contributed by atoms with Crippen molar-refractivity contribution in [3.05, 3.63) is 23.3 Å². The van der Waals surface area contributed by atoms with E-state index in [1.165, 1.54) is 5.56 Å². The number of nitrogens with two attached hydrogens (primary N) is 1. The highest BCUT2D eigenvalue weighted by Gasteiger charge is 2.37. The van der Waals surface area contributed by atoms with Gasteiger partial charge >= 0.3 is 0 Å². The van der Waals surface area contributed by atoms with Crippen molar-refractivity contribution in [3.63, 3.8) is 0 Å². The molecule has 3 nitrogen and oxygen atoms in total. The van der Waals surface area contributed by atoms with Crippen LogP contribution in [-0.4, -0.2) is 17.8 Å². The van der Waals surface area contributed by atoms with Gasteiger partial charge in [0.15, 0.2) is 11.5 Å². The van der Waals surface area contributed by atoms with E-state index in [2.05, 4.69) is 13.0 Å². The fourth-order valence-electron chi connectivity index (χ4n) is 2.07. The van der Waals surface area contributed by atoms with E-state index in [4.69, 9.17) is 10.5 Å². The fourth-order valence-corrected chi connectivity index (χ4v) is 2.07. The molecule has 1 aromatic carbocycles. The van der Waals surface area contributed by atoms with Crippen molar-refractivity contribution in [1.82, 2.24) is 0 Å². The fraction of sp³-hybridized carbons (Fsp3) is 0.571. The highest BCUT2D eigenvalue weighted by molar-refractivity contribution is 5.48. The molecule has 0 unspecified atom stereocenters. The van der Waals surface area contributed by atoms with Gasteiger partial charge in [0, 0.05) is 5.54 Å². The Kier molecular flexibility index (Phi) is 3.29. The number of methoxy groups -OCH3 is 1. The molecule has 0 aromatic heterocycles. The van der Waals surface area contributed by atoms with E-state index in [-0.39, 0.29) is 11.3 Å². The third-order valence-corrected chi connectivity index (χ3v) is 3.63. The second-order valence-corrected chi connectivity index (χ2v) is 5.02. The third kappa shape index (κ3) is 2.72. The Labute approximate surface area is 103 Å². The lowest BCUT2D eigenvalue weighted by atomic mass is 10.00. The number of aromatic hydroxyl groups is 1. The highest BCUT2D eigenvalue weighted by Crippen LogP contribution is 2.39. The summed E-state index contributed by atoms with van der Waals surface area (Å²) in [6, 6.07) is 3.96. The van der Waals surface area contributed by atoms with E-state index in [0.29, 0.717) is 5.75 Å². The SMILES string of the molecule is CCc1cc(CCC2(N)CC2)c(O)c(OC)c1. The van der Waals surface area contributed by atoms with Crippen molar-refractivity contribution in [1.29, 1.82) is 0 Å². The van der Waals surface area contributed by atoms with Crippen molar-refractivity contribution in [3.8, 4) is 11.5 Å². The summed E-state index contributed by atoms with van der Waals surface area (Å²) in [5.74, 6) is 0.843. The van der Waals surface area contributed by atoms with Gasteiger partial charge in [-0.25, -0.2) is 0 Å². The molecule has 17 heavy (non-hydrogen) atoms. The van der Waals surface area contributed by atoms with Crippen LogP contribution in [0.15, 0.2) is 12.1 Å². The molecule has 0 spiro atoms. The zero-order chi connectivity index (χ0) is 12.5. The van der Waals surface area contributed by atoms with Gasteiger partial charge in [-0.15, -0.1) is 0 Å². The van der Waals surface area contributed by atoms with Crippen LogP contribution < -0.4 is 10.5 Å². The summed E-state index contributed by atoms with van der Waals surface area (Å²) in [6.45, 7) is 2.10. The summed E-state index contributed by atoms with van der Waals surface area (Å²) < 4.78 is 5.19. The Morgan fingerprint density at radius 2 is 2.12 bits per heavy atom. The lowest BCUT2D eigenvalue weighted by molar-refractivity contribution is 0.369. The first-order valence-corrected chi connectivity index (χ1v) is 6.25. The zero-order valence-electron chi connectivity index (χ0n) is 10.6. The smallest absolute Gasteiger partial charge is 0.161 e. The van der Waals surface area contributed by atoms with Gasteiger partial charge in [0.2, 0.25) is 0 Å². The number of aryl methyl sites for hydroxylation is 2. The van der Waals surface area contributed by atoms with Crippen molar-refractivity contribution in [2.45, 2.75) is 44.6 Å². The molecule has 0 atom stereocenters. The van der Waals surface area contributed by atoms with Gasteiger partial charge in [0.25, 0.3) is 0 Å². The molecule has 1 aliphatic carbocycles. The van der Waals surface area contributed by atoms with Crippen molar-refractivity contribution < 1.29 is 9.84 Å². The summed E-state index contributed by atoms with van der Waals surface area (Å²) >= 11 is 0. The minimum Gasteiger partial charge on any atom is -0.504 e. The summed E-state index contributed by atoms with van der Waals surface area (Å²) in [4.78, 5) is 0. The molecule has 1 fully saturated rings. The van der Waals surface area contributed by atoms with Gasteiger partial charge in [-0.3, -0.25) is 0 Å². The van der Waals surface area contributed by atoms with Crippen molar-refractivity contribution in [2.75, 3.05) is 7.11 Å². The minimum atomic E-state index is 0.0297. The van der Waals surface area contributed by atoms with Crippen LogP contribution in [0.5, 0.6) is 11.5 Å². The van der Waals surface area contributed by atoms with Gasteiger partial charge < -0.3 is 15.6 Å². The van der Waals surface area contributed by atoms with Crippen LogP contribution in [0.1, 0.15) is 37.3 Å².